The lowest BCUT2D eigenvalue weighted by molar-refractivity contribution is -0.0240. The van der Waals surface area contributed by atoms with Gasteiger partial charge in [-0.1, -0.05) is 5.11 Å². The molecule has 0 bridgehead atoms. The van der Waals surface area contributed by atoms with E-state index >= 15 is 0 Å². The van der Waals surface area contributed by atoms with Gasteiger partial charge < -0.3 is 47.1 Å². The minimum absolute atomic E-state index is 0.295. The Morgan fingerprint density at radius 1 is 0.881 bits per heavy atom. The first-order valence-electron chi connectivity index (χ1n) is 12.9. The first kappa shape index (κ1) is 29.4. The maximum absolute atomic E-state index is 10.3. The summed E-state index contributed by atoms with van der Waals surface area (Å²) in [5, 5.41) is 51.0. The maximum Gasteiger partial charge on any atom is 0.151 e. The molecule has 0 saturated carbocycles. The van der Waals surface area contributed by atoms with Crippen LogP contribution >= 0.6 is 0 Å². The molecule has 0 aliphatic carbocycles. The van der Waals surface area contributed by atoms with E-state index in [2.05, 4.69) is 30.2 Å². The first-order chi connectivity index (χ1) is 20.0. The Hall–Kier alpha value is -4.13. The molecule has 0 spiro atoms. The number of nitrogen functional groups attached to an aromatic ring is 2. The minimum atomic E-state index is -1.28. The number of azide groups is 1. The summed E-state index contributed by atoms with van der Waals surface area (Å²) >= 11 is 0. The Morgan fingerprint density at radius 3 is 1.83 bits per heavy atom. The van der Waals surface area contributed by atoms with E-state index in [0.717, 1.165) is 0 Å². The van der Waals surface area contributed by atoms with E-state index in [0.29, 0.717) is 34.1 Å². The van der Waals surface area contributed by atoms with Crippen LogP contribution in [-0.2, 0) is 9.47 Å². The van der Waals surface area contributed by atoms with Gasteiger partial charge in [-0.2, -0.15) is 10.2 Å². The van der Waals surface area contributed by atoms with Crippen LogP contribution in [0.5, 0.6) is 0 Å². The van der Waals surface area contributed by atoms with Crippen molar-refractivity contribution in [2.75, 3.05) is 24.7 Å². The number of anilines is 2. The van der Waals surface area contributed by atoms with Gasteiger partial charge in [-0.25, -0.2) is 19.0 Å². The van der Waals surface area contributed by atoms with Gasteiger partial charge >= 0.3 is 0 Å². The van der Waals surface area contributed by atoms with Crippen molar-refractivity contribution in [3.63, 3.8) is 0 Å². The molecule has 224 valence electrons. The lowest BCUT2D eigenvalue weighted by atomic mass is 9.88. The fourth-order valence-electron chi connectivity index (χ4n) is 5.46. The number of aliphatic hydroxyl groups is 4. The van der Waals surface area contributed by atoms with Crippen LogP contribution in [0.3, 0.4) is 0 Å². The molecule has 2 saturated heterocycles. The molecule has 42 heavy (non-hydrogen) atoms. The smallest absolute Gasteiger partial charge is 0.151 e. The minimum Gasteiger partial charge on any atom is -0.394 e. The number of nitrogens with two attached hydrogens (primary N) is 3. The van der Waals surface area contributed by atoms with Crippen molar-refractivity contribution in [3.05, 3.63) is 58.8 Å². The van der Waals surface area contributed by atoms with Crippen LogP contribution in [0.2, 0.25) is 0 Å². The maximum atomic E-state index is 10.3. The largest absolute Gasteiger partial charge is 0.394 e. The summed E-state index contributed by atoms with van der Waals surface area (Å²) < 4.78 is 14.5. The molecule has 4 aromatic rings. The molecule has 0 unspecified atom stereocenters. The molecule has 2 fully saturated rings. The van der Waals surface area contributed by atoms with Gasteiger partial charge in [-0.15, -0.1) is 0 Å². The Labute approximate surface area is 237 Å². The summed E-state index contributed by atoms with van der Waals surface area (Å²) in [5.74, 6) is 0.645. The molecule has 18 heteroatoms. The number of ether oxygens (including phenoxy) is 2. The molecule has 18 nitrogen and oxygen atoms in total. The fourth-order valence-corrected chi connectivity index (χ4v) is 5.46. The van der Waals surface area contributed by atoms with Crippen LogP contribution in [-0.4, -0.2) is 98.3 Å². The average Bonchev–Trinajstić information content (AvgIpc) is 3.70. The number of hydrogen-bond acceptors (Lipinski definition) is 14. The van der Waals surface area contributed by atoms with Crippen LogP contribution in [0.15, 0.2) is 42.0 Å². The van der Waals surface area contributed by atoms with E-state index in [1.54, 1.807) is 42.6 Å². The highest BCUT2D eigenvalue weighted by atomic mass is 16.5. The number of hydrogen-bond donors (Lipinski definition) is 7. The fraction of sp³-hybridized carbons (Fsp3) is 0.500. The van der Waals surface area contributed by atoms with Crippen LogP contribution < -0.4 is 17.2 Å². The van der Waals surface area contributed by atoms with Crippen LogP contribution in [0.4, 0.5) is 11.6 Å². The zero-order chi connectivity index (χ0) is 30.4. The van der Waals surface area contributed by atoms with Gasteiger partial charge in [-0.3, -0.25) is 0 Å². The summed E-state index contributed by atoms with van der Waals surface area (Å²) in [6, 6.07) is 6.97. The van der Waals surface area contributed by atoms with Crippen molar-refractivity contribution in [3.8, 4) is 0 Å². The van der Waals surface area contributed by atoms with E-state index in [1.165, 1.54) is 17.2 Å². The summed E-state index contributed by atoms with van der Waals surface area (Å²) in [6.45, 7) is 2.56. The van der Waals surface area contributed by atoms with Crippen molar-refractivity contribution in [1.82, 2.24) is 29.2 Å². The van der Waals surface area contributed by atoms with Crippen molar-refractivity contribution in [1.29, 1.82) is 0 Å². The van der Waals surface area contributed by atoms with E-state index in [-0.39, 0.29) is 6.61 Å². The van der Waals surface area contributed by atoms with Crippen molar-refractivity contribution < 1.29 is 29.9 Å². The van der Waals surface area contributed by atoms with Gasteiger partial charge in [0.2, 0.25) is 0 Å². The van der Waals surface area contributed by atoms with Gasteiger partial charge in [-0.05, 0) is 43.6 Å². The van der Waals surface area contributed by atoms with Gasteiger partial charge in [0.15, 0.2) is 11.6 Å². The van der Waals surface area contributed by atoms with Crippen molar-refractivity contribution >= 4 is 22.7 Å². The third-order valence-electron chi connectivity index (χ3n) is 7.84. The molecule has 6 rings (SSSR count). The third-order valence-corrected chi connectivity index (χ3v) is 7.84. The van der Waals surface area contributed by atoms with Gasteiger partial charge in [0.05, 0.1) is 36.2 Å². The normalized spacial score (nSPS) is 32.5. The standard InChI is InChI=1S/C12H15N7O3.C12H17N5O3/c1-12(17-18-14)9(21)8(4-20)22-10(12)6-2-3-7-11(13)15-5-16-19(6)7;1-12(14)9(19)8(4-18)20-10(12)6-2-3-7-11(13)15-5-16-17(6)7/h2-3,5,8-10,20-21H,4H2,1H3,(H2,13,15,16);2-3,5,8-10,18-19H,4,14H2,1H3,(H2,13,15,16)/t2*8-,9-,10+,12-/m11/s1. The zero-order valence-electron chi connectivity index (χ0n) is 22.7. The Bertz CT molecular complexity index is 1640. The highest BCUT2D eigenvalue weighted by Crippen LogP contribution is 2.45. The third kappa shape index (κ3) is 4.55. The summed E-state index contributed by atoms with van der Waals surface area (Å²) in [5.41, 5.74) is 26.7. The topological polar surface area (TPSA) is 287 Å². The van der Waals surface area contributed by atoms with Crippen molar-refractivity contribution in [2.45, 2.75) is 61.5 Å². The summed E-state index contributed by atoms with van der Waals surface area (Å²) in [7, 11) is 0. The van der Waals surface area contributed by atoms with E-state index < -0.39 is 54.3 Å². The van der Waals surface area contributed by atoms with E-state index in [1.807, 2.05) is 0 Å². The number of aromatic nitrogens is 6. The number of fused-ring (bicyclic) bond motifs is 2. The van der Waals surface area contributed by atoms with E-state index in [4.69, 9.17) is 32.2 Å². The second kappa shape index (κ2) is 10.9. The van der Waals surface area contributed by atoms with Crippen LogP contribution in [0.25, 0.3) is 21.5 Å². The Balaban J connectivity index is 0.000000169. The highest BCUT2D eigenvalue weighted by molar-refractivity contribution is 5.66. The lowest BCUT2D eigenvalue weighted by Crippen LogP contribution is -2.51. The van der Waals surface area contributed by atoms with Gasteiger partial charge in [0.25, 0.3) is 0 Å². The number of aliphatic hydroxyl groups excluding tert-OH is 4. The molecule has 0 radical (unpaired) electrons. The molecule has 8 atom stereocenters. The Kier molecular flexibility index (Phi) is 7.64. The number of nitrogens with zero attached hydrogens (tertiary/aromatic N) is 9. The van der Waals surface area contributed by atoms with E-state index in [9.17, 15) is 20.4 Å². The second-order valence-electron chi connectivity index (χ2n) is 10.5. The molecule has 4 aromatic heterocycles. The molecular formula is C24H32N12O6. The highest BCUT2D eigenvalue weighted by Gasteiger charge is 2.54. The summed E-state index contributed by atoms with van der Waals surface area (Å²) in [4.78, 5) is 10.6. The molecular weight excluding hydrogens is 552 g/mol. The van der Waals surface area contributed by atoms with Gasteiger partial charge in [0.1, 0.15) is 59.7 Å². The first-order valence-corrected chi connectivity index (χ1v) is 12.9. The lowest BCUT2D eigenvalue weighted by Gasteiger charge is -2.27. The SMILES string of the molecule is C[C@@]1(N)[C@H](O)[C@@H](CO)O[C@H]1c1ccc2c(N)ncnn12.C[C@@]1(N=[N+]=[N-])[C@H](O)[C@@H](CO)O[C@H]1c1ccc2c(N)ncnn12. The predicted molar refractivity (Wildman–Crippen MR) is 146 cm³/mol. The van der Waals surface area contributed by atoms with Crippen LogP contribution in [0, 0.1) is 0 Å². The quantitative estimate of drug-likeness (QED) is 0.0842. The molecule has 0 aromatic carbocycles. The predicted octanol–water partition coefficient (Wildman–Crippen LogP) is -1.00. The zero-order valence-corrected chi connectivity index (χ0v) is 22.7. The summed E-state index contributed by atoms with van der Waals surface area (Å²) in [6.07, 6.45) is -2.45. The van der Waals surface area contributed by atoms with Gasteiger partial charge in [0, 0.05) is 4.91 Å². The monoisotopic (exact) mass is 584 g/mol. The Morgan fingerprint density at radius 2 is 1.36 bits per heavy atom. The molecule has 2 aliphatic rings. The molecule has 10 N–H and O–H groups in total. The number of rotatable bonds is 5. The molecule has 6 heterocycles. The second-order valence-corrected chi connectivity index (χ2v) is 10.5. The van der Waals surface area contributed by atoms with Crippen LogP contribution in [0.1, 0.15) is 37.4 Å². The molecule has 0 amide bonds. The van der Waals surface area contributed by atoms with Crippen molar-refractivity contribution in [2.24, 2.45) is 10.8 Å². The molecule has 2 aliphatic heterocycles. The average molecular weight is 585 g/mol.